The summed E-state index contributed by atoms with van der Waals surface area (Å²) in [5, 5.41) is 0. The molecule has 0 N–H and O–H groups in total. The number of benzene rings is 3. The zero-order chi connectivity index (χ0) is 24.2. The van der Waals surface area contributed by atoms with Gasteiger partial charge in [-0.3, -0.25) is 4.90 Å². The third kappa shape index (κ3) is 5.70. The highest BCUT2D eigenvalue weighted by molar-refractivity contribution is 5.47. The molecule has 0 saturated carbocycles. The summed E-state index contributed by atoms with van der Waals surface area (Å²) in [7, 11) is 0. The van der Waals surface area contributed by atoms with Crippen molar-refractivity contribution in [2.24, 2.45) is 0 Å². The fourth-order valence-electron chi connectivity index (χ4n) is 4.70. The Labute approximate surface area is 207 Å². The van der Waals surface area contributed by atoms with Crippen LogP contribution in [0.2, 0.25) is 0 Å². The van der Waals surface area contributed by atoms with E-state index in [2.05, 4.69) is 47.9 Å². The van der Waals surface area contributed by atoms with Crippen LogP contribution in [0.1, 0.15) is 43.4 Å². The fourth-order valence-corrected chi connectivity index (χ4v) is 4.70. The Hall–Kier alpha value is -3.25. The molecule has 2 aliphatic rings. The molecule has 0 aromatic heterocycles. The van der Waals surface area contributed by atoms with Crippen molar-refractivity contribution in [1.29, 1.82) is 0 Å². The Morgan fingerprint density at radius 1 is 0.857 bits per heavy atom. The van der Waals surface area contributed by atoms with Crippen molar-refractivity contribution in [3.63, 3.8) is 0 Å². The highest BCUT2D eigenvalue weighted by atomic mass is 19.1. The summed E-state index contributed by atoms with van der Waals surface area (Å²) in [6, 6.07) is 21.3. The van der Waals surface area contributed by atoms with E-state index in [0.29, 0.717) is 5.92 Å². The molecule has 1 saturated heterocycles. The maximum atomic E-state index is 13.3. The first kappa shape index (κ1) is 23.5. The SMILES string of the molecule is CC(C)c1cccc(OC(CCN2CCN(c3ccc(F)cc3)CC2)c2ccc3c(c2)OCO3)c1. The van der Waals surface area contributed by atoms with Crippen LogP contribution in [0, 0.1) is 5.82 Å². The van der Waals surface area contributed by atoms with Gasteiger partial charge in [0, 0.05) is 44.8 Å². The van der Waals surface area contributed by atoms with E-state index in [9.17, 15) is 4.39 Å². The number of ether oxygens (including phenoxy) is 3. The van der Waals surface area contributed by atoms with Gasteiger partial charge in [-0.25, -0.2) is 4.39 Å². The third-order valence-electron chi connectivity index (χ3n) is 6.84. The second kappa shape index (κ2) is 10.6. The zero-order valence-electron chi connectivity index (χ0n) is 20.5. The van der Waals surface area contributed by atoms with Gasteiger partial charge in [-0.2, -0.15) is 0 Å². The van der Waals surface area contributed by atoms with Gasteiger partial charge in [0.05, 0.1) is 0 Å². The molecule has 184 valence electrons. The van der Waals surface area contributed by atoms with Gasteiger partial charge in [0.15, 0.2) is 11.5 Å². The lowest BCUT2D eigenvalue weighted by Crippen LogP contribution is -2.46. The van der Waals surface area contributed by atoms with Crippen molar-refractivity contribution in [2.45, 2.75) is 32.3 Å². The molecule has 35 heavy (non-hydrogen) atoms. The van der Waals surface area contributed by atoms with Crippen LogP contribution in [-0.2, 0) is 0 Å². The van der Waals surface area contributed by atoms with Gasteiger partial charge in [0.1, 0.15) is 17.7 Å². The van der Waals surface area contributed by atoms with E-state index in [0.717, 1.165) is 67.6 Å². The average molecular weight is 477 g/mol. The van der Waals surface area contributed by atoms with Gasteiger partial charge in [0.25, 0.3) is 0 Å². The average Bonchev–Trinajstić information content (AvgIpc) is 3.35. The van der Waals surface area contributed by atoms with E-state index in [1.54, 1.807) is 0 Å². The van der Waals surface area contributed by atoms with Crippen molar-refractivity contribution in [1.82, 2.24) is 4.90 Å². The maximum Gasteiger partial charge on any atom is 0.231 e. The van der Waals surface area contributed by atoms with Crippen LogP contribution in [-0.4, -0.2) is 44.4 Å². The quantitative estimate of drug-likeness (QED) is 0.398. The van der Waals surface area contributed by atoms with E-state index in [1.807, 2.05) is 30.3 Å². The predicted octanol–water partition coefficient (Wildman–Crippen LogP) is 6.01. The number of nitrogens with zero attached hydrogens (tertiary/aromatic N) is 2. The lowest BCUT2D eigenvalue weighted by atomic mass is 10.0. The maximum absolute atomic E-state index is 13.3. The minimum atomic E-state index is -0.194. The van der Waals surface area contributed by atoms with Crippen LogP contribution in [0.4, 0.5) is 10.1 Å². The van der Waals surface area contributed by atoms with Gasteiger partial charge >= 0.3 is 0 Å². The second-order valence-corrected chi connectivity index (χ2v) is 9.54. The minimum absolute atomic E-state index is 0.0953. The molecule has 1 atom stereocenters. The summed E-state index contributed by atoms with van der Waals surface area (Å²) in [5.74, 6) is 2.70. The van der Waals surface area contributed by atoms with Crippen molar-refractivity contribution in [2.75, 3.05) is 44.4 Å². The summed E-state index contributed by atoms with van der Waals surface area (Å²) in [5.41, 5.74) is 3.44. The Kier molecular flexibility index (Phi) is 7.09. The van der Waals surface area contributed by atoms with Crippen molar-refractivity contribution >= 4 is 5.69 Å². The van der Waals surface area contributed by atoms with Crippen LogP contribution in [0.25, 0.3) is 0 Å². The highest BCUT2D eigenvalue weighted by Crippen LogP contribution is 2.36. The monoisotopic (exact) mass is 476 g/mol. The molecule has 0 amide bonds. The van der Waals surface area contributed by atoms with Gasteiger partial charge in [-0.1, -0.05) is 32.0 Å². The van der Waals surface area contributed by atoms with Crippen LogP contribution >= 0.6 is 0 Å². The summed E-state index contributed by atoms with van der Waals surface area (Å²) < 4.78 is 31.0. The largest absolute Gasteiger partial charge is 0.486 e. The number of hydrogen-bond acceptors (Lipinski definition) is 5. The standard InChI is InChI=1S/C29H33FN2O3/c1-21(2)22-4-3-5-26(18-22)35-27(23-6-11-28-29(19-23)34-20-33-28)12-13-31-14-16-32(17-15-31)25-9-7-24(30)8-10-25/h3-11,18-19,21,27H,12-17,20H2,1-2H3. The van der Waals surface area contributed by atoms with Gasteiger partial charge in [-0.15, -0.1) is 0 Å². The molecule has 2 aliphatic heterocycles. The second-order valence-electron chi connectivity index (χ2n) is 9.54. The predicted molar refractivity (Wildman–Crippen MR) is 136 cm³/mol. The minimum Gasteiger partial charge on any atom is -0.486 e. The first-order valence-corrected chi connectivity index (χ1v) is 12.4. The van der Waals surface area contributed by atoms with E-state index < -0.39 is 0 Å². The van der Waals surface area contributed by atoms with Crippen LogP contribution in [0.3, 0.4) is 0 Å². The van der Waals surface area contributed by atoms with Crippen molar-refractivity contribution in [3.05, 3.63) is 83.7 Å². The Morgan fingerprint density at radius 2 is 1.63 bits per heavy atom. The Balaban J connectivity index is 1.26. The van der Waals surface area contributed by atoms with E-state index >= 15 is 0 Å². The van der Waals surface area contributed by atoms with E-state index in [4.69, 9.17) is 14.2 Å². The molecule has 0 radical (unpaired) electrons. The van der Waals surface area contributed by atoms with Crippen molar-refractivity contribution < 1.29 is 18.6 Å². The molecule has 0 spiro atoms. The Bertz CT molecular complexity index is 1130. The summed E-state index contributed by atoms with van der Waals surface area (Å²) in [6.45, 7) is 9.37. The number of hydrogen-bond donors (Lipinski definition) is 0. The van der Waals surface area contributed by atoms with Crippen molar-refractivity contribution in [3.8, 4) is 17.2 Å². The molecule has 5 nitrogen and oxygen atoms in total. The molecular weight excluding hydrogens is 443 g/mol. The number of rotatable bonds is 8. The molecule has 3 aromatic carbocycles. The summed E-state index contributed by atoms with van der Waals surface area (Å²) in [6.07, 6.45) is 0.768. The molecular formula is C29H33FN2O3. The number of anilines is 1. The molecule has 1 unspecified atom stereocenters. The molecule has 0 aliphatic carbocycles. The molecule has 0 bridgehead atoms. The van der Waals surface area contributed by atoms with Crippen LogP contribution < -0.4 is 19.1 Å². The molecule has 1 fully saturated rings. The van der Waals surface area contributed by atoms with Crippen LogP contribution in [0.15, 0.2) is 66.7 Å². The first-order valence-electron chi connectivity index (χ1n) is 12.4. The van der Waals surface area contributed by atoms with E-state index in [-0.39, 0.29) is 18.7 Å². The smallest absolute Gasteiger partial charge is 0.231 e. The summed E-state index contributed by atoms with van der Waals surface area (Å²) >= 11 is 0. The topological polar surface area (TPSA) is 34.2 Å². The zero-order valence-corrected chi connectivity index (χ0v) is 20.5. The lowest BCUT2D eigenvalue weighted by Gasteiger charge is -2.36. The molecule has 3 aromatic rings. The molecule has 2 heterocycles. The summed E-state index contributed by atoms with van der Waals surface area (Å²) in [4.78, 5) is 4.80. The van der Waals surface area contributed by atoms with Gasteiger partial charge in [-0.05, 0) is 65.6 Å². The lowest BCUT2D eigenvalue weighted by molar-refractivity contribution is 0.159. The highest BCUT2D eigenvalue weighted by Gasteiger charge is 2.23. The number of halogens is 1. The third-order valence-corrected chi connectivity index (χ3v) is 6.84. The first-order chi connectivity index (χ1) is 17.0. The van der Waals surface area contributed by atoms with E-state index in [1.165, 1.54) is 17.7 Å². The fraction of sp³-hybridized carbons (Fsp3) is 0.379. The molecule has 5 rings (SSSR count). The Morgan fingerprint density at radius 3 is 2.40 bits per heavy atom. The van der Waals surface area contributed by atoms with Gasteiger partial charge in [0.2, 0.25) is 6.79 Å². The number of piperazine rings is 1. The normalized spacial score (nSPS) is 16.5. The molecule has 6 heteroatoms. The van der Waals surface area contributed by atoms with Crippen LogP contribution in [0.5, 0.6) is 17.2 Å². The number of fused-ring (bicyclic) bond motifs is 1. The van der Waals surface area contributed by atoms with Gasteiger partial charge < -0.3 is 19.1 Å².